The monoisotopic (exact) mass is 467 g/mol. The molecule has 4 amide bonds. The zero-order valence-corrected chi connectivity index (χ0v) is 18.2. The van der Waals surface area contributed by atoms with Crippen LogP contribution in [-0.2, 0) is 38.8 Å². The van der Waals surface area contributed by atoms with Gasteiger partial charge in [-0.2, -0.15) is 0 Å². The molecule has 3 heterocycles. The van der Waals surface area contributed by atoms with Gasteiger partial charge in [-0.15, -0.1) is 0 Å². The summed E-state index contributed by atoms with van der Waals surface area (Å²) in [7, 11) is 0. The van der Waals surface area contributed by atoms with Crippen molar-refractivity contribution in [1.82, 2.24) is 15.1 Å². The average Bonchev–Trinajstić information content (AvgIpc) is 3.22. The molecule has 0 radical (unpaired) electrons. The SMILES string of the molecule is [2H]c1c(C([2H])Oc2cccc3c2CN(C2CCC(=O)NC2=O)C3=O)ccc(C([2H])N2CCOCC2=O)c1[2H]. The first-order valence-electron chi connectivity index (χ1n) is 13.1. The summed E-state index contributed by atoms with van der Waals surface area (Å²) in [6, 6.07) is 6.30. The van der Waals surface area contributed by atoms with Crippen molar-refractivity contribution in [2.75, 3.05) is 19.8 Å². The minimum absolute atomic E-state index is 0.0633. The Labute approximate surface area is 202 Å². The number of carbonyl (C=O) groups is 4. The van der Waals surface area contributed by atoms with Crippen molar-refractivity contribution < 1.29 is 34.1 Å². The van der Waals surface area contributed by atoms with Gasteiger partial charge < -0.3 is 19.3 Å². The van der Waals surface area contributed by atoms with Crippen LogP contribution in [0.15, 0.2) is 42.4 Å². The van der Waals surface area contributed by atoms with Crippen molar-refractivity contribution in [3.8, 4) is 5.75 Å². The Morgan fingerprint density at radius 1 is 1.15 bits per heavy atom. The third-order valence-corrected chi connectivity index (χ3v) is 5.96. The highest BCUT2D eigenvalue weighted by molar-refractivity contribution is 6.05. The van der Waals surface area contributed by atoms with Crippen LogP contribution in [0.5, 0.6) is 5.75 Å². The molecular weight excluding hydrogens is 438 g/mol. The van der Waals surface area contributed by atoms with E-state index in [4.69, 9.17) is 15.0 Å². The van der Waals surface area contributed by atoms with Gasteiger partial charge in [-0.1, -0.05) is 30.3 Å². The van der Waals surface area contributed by atoms with E-state index in [1.165, 1.54) is 21.9 Å². The third kappa shape index (κ3) is 4.38. The summed E-state index contributed by atoms with van der Waals surface area (Å²) in [5.74, 6) is -1.42. The maximum Gasteiger partial charge on any atom is 0.255 e. The molecule has 176 valence electrons. The van der Waals surface area contributed by atoms with E-state index < -0.39 is 25.1 Å². The number of piperidine rings is 1. The lowest BCUT2D eigenvalue weighted by Gasteiger charge is -2.29. The molecule has 3 aliphatic heterocycles. The number of hydrogen-bond acceptors (Lipinski definition) is 6. The molecule has 5 rings (SSSR count). The third-order valence-electron chi connectivity index (χ3n) is 5.96. The Morgan fingerprint density at radius 2 is 1.97 bits per heavy atom. The quantitative estimate of drug-likeness (QED) is 0.644. The normalized spacial score (nSPS) is 23.9. The molecule has 3 atom stereocenters. The molecule has 0 spiro atoms. The number of ether oxygens (including phenoxy) is 2. The molecule has 0 saturated carbocycles. The van der Waals surface area contributed by atoms with Gasteiger partial charge in [-0.05, 0) is 29.7 Å². The minimum atomic E-state index is -1.42. The lowest BCUT2D eigenvalue weighted by molar-refractivity contribution is -0.143. The number of rotatable bonds is 6. The number of nitrogens with zero attached hydrogens (tertiary/aromatic N) is 2. The predicted molar refractivity (Wildman–Crippen MR) is 119 cm³/mol. The lowest BCUT2D eigenvalue weighted by Crippen LogP contribution is -2.52. The Kier molecular flexibility index (Phi) is 4.83. The van der Waals surface area contributed by atoms with Gasteiger partial charge in [-0.3, -0.25) is 24.5 Å². The number of nitrogens with one attached hydrogen (secondary N) is 1. The molecule has 1 N–H and O–H groups in total. The van der Waals surface area contributed by atoms with Crippen LogP contribution in [0.4, 0.5) is 0 Å². The topological polar surface area (TPSA) is 105 Å². The first kappa shape index (κ1) is 17.7. The number of benzene rings is 2. The Hall–Kier alpha value is -3.72. The number of hydrogen-bond donors (Lipinski definition) is 1. The maximum atomic E-state index is 13.0. The second-order valence-corrected chi connectivity index (χ2v) is 8.18. The molecule has 0 bridgehead atoms. The lowest BCUT2D eigenvalue weighted by atomic mass is 10.0. The van der Waals surface area contributed by atoms with E-state index in [0.29, 0.717) is 11.1 Å². The highest BCUT2D eigenvalue weighted by atomic mass is 16.5. The van der Waals surface area contributed by atoms with Crippen molar-refractivity contribution in [1.29, 1.82) is 0 Å². The fourth-order valence-electron chi connectivity index (χ4n) is 4.18. The van der Waals surface area contributed by atoms with E-state index in [-0.39, 0.29) is 85.8 Å². The first-order chi connectivity index (χ1) is 18.2. The van der Waals surface area contributed by atoms with Gasteiger partial charge in [0.2, 0.25) is 17.7 Å². The fourth-order valence-corrected chi connectivity index (χ4v) is 4.18. The second-order valence-electron chi connectivity index (χ2n) is 8.18. The van der Waals surface area contributed by atoms with Crippen molar-refractivity contribution in [3.63, 3.8) is 0 Å². The molecule has 2 aromatic rings. The molecule has 0 aromatic heterocycles. The molecule has 0 aliphatic carbocycles. The fraction of sp³-hybridized carbons (Fsp3) is 0.360. The zero-order valence-electron chi connectivity index (χ0n) is 22.2. The molecule has 2 fully saturated rings. The molecular formula is C25H25N3O6. The Bertz CT molecular complexity index is 1340. The van der Waals surface area contributed by atoms with Gasteiger partial charge in [0.05, 0.1) is 18.6 Å². The number of morpholine rings is 1. The van der Waals surface area contributed by atoms with Crippen LogP contribution >= 0.6 is 0 Å². The van der Waals surface area contributed by atoms with E-state index in [9.17, 15) is 19.2 Å². The summed E-state index contributed by atoms with van der Waals surface area (Å²) in [6.45, 7) is -2.17. The maximum absolute atomic E-state index is 13.0. The number of fused-ring (bicyclic) bond motifs is 1. The number of carbonyl (C=O) groups excluding carboxylic acids is 4. The van der Waals surface area contributed by atoms with Gasteiger partial charge in [0.1, 0.15) is 25.0 Å². The Balaban J connectivity index is 1.35. The van der Waals surface area contributed by atoms with Crippen molar-refractivity contribution >= 4 is 23.6 Å². The minimum Gasteiger partial charge on any atom is -0.489 e. The highest BCUT2D eigenvalue weighted by Crippen LogP contribution is 2.34. The van der Waals surface area contributed by atoms with Crippen LogP contribution in [-0.4, -0.2) is 59.2 Å². The standard InChI is InChI=1S/C25H25N3O6/c29-22-9-8-20(24(31)26-22)28-13-19-18(25(28)32)2-1-3-21(19)34-14-17-6-4-16(5-7-17)12-27-10-11-33-15-23(27)30/h1-7,20H,8-15H2,(H,26,29,31)/i4D,6D,12D,14D. The second kappa shape index (κ2) is 9.26. The largest absolute Gasteiger partial charge is 0.489 e. The van der Waals surface area contributed by atoms with Crippen LogP contribution < -0.4 is 10.1 Å². The molecule has 9 nitrogen and oxygen atoms in total. The van der Waals surface area contributed by atoms with E-state index >= 15 is 0 Å². The zero-order chi connectivity index (χ0) is 27.1. The van der Waals surface area contributed by atoms with Gasteiger partial charge in [0, 0.05) is 30.6 Å². The molecule has 34 heavy (non-hydrogen) atoms. The smallest absolute Gasteiger partial charge is 0.255 e. The molecule has 2 aromatic carbocycles. The van der Waals surface area contributed by atoms with Crippen molar-refractivity contribution in [2.24, 2.45) is 0 Å². The van der Waals surface area contributed by atoms with Crippen LogP contribution in [0.25, 0.3) is 0 Å². The highest BCUT2D eigenvalue weighted by Gasteiger charge is 2.40. The molecule has 3 unspecified atom stereocenters. The Morgan fingerprint density at radius 3 is 2.79 bits per heavy atom. The molecule has 9 heteroatoms. The van der Waals surface area contributed by atoms with Crippen LogP contribution in [0.3, 0.4) is 0 Å². The van der Waals surface area contributed by atoms with Crippen molar-refractivity contribution in [3.05, 3.63) is 64.7 Å². The number of amides is 4. The van der Waals surface area contributed by atoms with E-state index in [1.54, 1.807) is 18.2 Å². The average molecular weight is 468 g/mol. The predicted octanol–water partition coefficient (Wildman–Crippen LogP) is 1.39. The van der Waals surface area contributed by atoms with Gasteiger partial charge in [0.15, 0.2) is 0 Å². The van der Waals surface area contributed by atoms with E-state index in [1.807, 2.05) is 0 Å². The number of imide groups is 1. The van der Waals surface area contributed by atoms with Gasteiger partial charge >= 0.3 is 0 Å². The molecule has 2 saturated heterocycles. The summed E-state index contributed by atoms with van der Waals surface area (Å²) in [5, 5.41) is 2.26. The van der Waals surface area contributed by atoms with E-state index in [2.05, 4.69) is 5.32 Å². The first-order valence-corrected chi connectivity index (χ1v) is 10.9. The van der Waals surface area contributed by atoms with Crippen LogP contribution in [0.2, 0.25) is 0 Å². The summed E-state index contributed by atoms with van der Waals surface area (Å²) >= 11 is 0. The summed E-state index contributed by atoms with van der Waals surface area (Å²) < 4.78 is 44.8. The molecule has 3 aliphatic rings. The summed E-state index contributed by atoms with van der Waals surface area (Å²) in [4.78, 5) is 51.7. The van der Waals surface area contributed by atoms with Crippen LogP contribution in [0.1, 0.15) is 45.4 Å². The van der Waals surface area contributed by atoms with Crippen LogP contribution in [0, 0.1) is 0 Å². The van der Waals surface area contributed by atoms with Gasteiger partial charge in [0.25, 0.3) is 5.91 Å². The summed E-state index contributed by atoms with van der Waals surface area (Å²) in [5.41, 5.74) is 1.07. The van der Waals surface area contributed by atoms with Crippen molar-refractivity contribution in [2.45, 2.75) is 38.5 Å². The summed E-state index contributed by atoms with van der Waals surface area (Å²) in [6.07, 6.45) is 0.348. The van der Waals surface area contributed by atoms with Gasteiger partial charge in [-0.25, -0.2) is 0 Å². The van der Waals surface area contributed by atoms with E-state index in [0.717, 1.165) is 0 Å².